The third kappa shape index (κ3) is 7.29. The van der Waals surface area contributed by atoms with E-state index in [9.17, 15) is 4.79 Å². The number of nitrogens with one attached hydrogen (secondary N) is 2. The Labute approximate surface area is 186 Å². The van der Waals surface area contributed by atoms with Crippen molar-refractivity contribution in [1.82, 2.24) is 15.1 Å². The van der Waals surface area contributed by atoms with Crippen molar-refractivity contribution in [3.8, 4) is 5.69 Å². The topological polar surface area (TPSA) is 77.4 Å². The number of methoxy groups -OCH3 is 1. The van der Waals surface area contributed by atoms with Crippen LogP contribution in [-0.2, 0) is 22.7 Å². The molecule has 0 radical (unpaired) electrons. The lowest BCUT2D eigenvalue weighted by Crippen LogP contribution is -2.29. The Morgan fingerprint density at radius 2 is 1.87 bits per heavy atom. The van der Waals surface area contributed by atoms with Crippen LogP contribution in [0.5, 0.6) is 0 Å². The highest BCUT2D eigenvalue weighted by atomic mass is 16.5. The SMILES string of the molecule is C=C(CC/C(=C\C)NC(=O)Nc1c2c(nn1-c1ccccc1)COC2)OC.CC.CC. The van der Waals surface area contributed by atoms with Crippen LogP contribution in [-0.4, -0.2) is 22.9 Å². The molecule has 0 unspecified atom stereocenters. The van der Waals surface area contributed by atoms with Gasteiger partial charge in [-0.15, -0.1) is 0 Å². The fraction of sp³-hybridized carbons (Fsp3) is 0.417. The van der Waals surface area contributed by atoms with Crippen LogP contribution in [0.2, 0.25) is 0 Å². The normalized spacial score (nSPS) is 11.9. The smallest absolute Gasteiger partial charge is 0.324 e. The second-order valence-electron chi connectivity index (χ2n) is 6.15. The van der Waals surface area contributed by atoms with Crippen LogP contribution in [0.1, 0.15) is 58.7 Å². The molecule has 7 heteroatoms. The van der Waals surface area contributed by atoms with Crippen LogP contribution in [0.15, 0.2) is 54.4 Å². The molecule has 0 fully saturated rings. The van der Waals surface area contributed by atoms with Gasteiger partial charge in [-0.1, -0.05) is 58.5 Å². The van der Waals surface area contributed by atoms with Crippen molar-refractivity contribution in [1.29, 1.82) is 0 Å². The van der Waals surface area contributed by atoms with Crippen LogP contribution in [0.25, 0.3) is 5.69 Å². The number of fused-ring (bicyclic) bond motifs is 1. The highest BCUT2D eigenvalue weighted by Crippen LogP contribution is 2.29. The van der Waals surface area contributed by atoms with Gasteiger partial charge in [-0.2, -0.15) is 5.10 Å². The number of ether oxygens (including phenoxy) is 2. The van der Waals surface area contributed by atoms with E-state index in [-0.39, 0.29) is 6.03 Å². The molecular formula is C24H36N4O3. The summed E-state index contributed by atoms with van der Waals surface area (Å²) in [6.07, 6.45) is 3.14. The Balaban J connectivity index is 0.00000113. The van der Waals surface area contributed by atoms with E-state index >= 15 is 0 Å². The van der Waals surface area contributed by atoms with Crippen LogP contribution in [0, 0.1) is 0 Å². The molecule has 1 aromatic carbocycles. The van der Waals surface area contributed by atoms with E-state index in [2.05, 4.69) is 22.3 Å². The van der Waals surface area contributed by atoms with Crippen molar-refractivity contribution in [3.05, 3.63) is 65.7 Å². The van der Waals surface area contributed by atoms with Crippen molar-refractivity contribution >= 4 is 11.8 Å². The minimum atomic E-state index is -0.321. The number of anilines is 1. The first-order chi connectivity index (χ1) is 15.1. The van der Waals surface area contributed by atoms with Crippen LogP contribution in [0.4, 0.5) is 10.6 Å². The number of hydrogen-bond acceptors (Lipinski definition) is 4. The summed E-state index contributed by atoms with van der Waals surface area (Å²) in [5.41, 5.74) is 3.43. The molecule has 1 aliphatic heterocycles. The fourth-order valence-corrected chi connectivity index (χ4v) is 2.84. The van der Waals surface area contributed by atoms with Gasteiger partial charge in [-0.05, 0) is 25.5 Å². The minimum absolute atomic E-state index is 0.321. The second kappa shape index (κ2) is 14.0. The average Bonchev–Trinajstić information content (AvgIpc) is 3.42. The van der Waals surface area contributed by atoms with E-state index in [1.54, 1.807) is 11.8 Å². The van der Waals surface area contributed by atoms with Crippen LogP contribution < -0.4 is 10.6 Å². The molecule has 0 spiro atoms. The number of benzene rings is 1. The first kappa shape index (κ1) is 26.0. The van der Waals surface area contributed by atoms with E-state index in [0.717, 1.165) is 22.6 Å². The monoisotopic (exact) mass is 428 g/mol. The van der Waals surface area contributed by atoms with E-state index in [1.807, 2.05) is 71.0 Å². The molecule has 2 heterocycles. The number of rotatable bonds is 7. The van der Waals surface area contributed by atoms with Crippen molar-refractivity contribution in [3.63, 3.8) is 0 Å². The maximum absolute atomic E-state index is 12.6. The van der Waals surface area contributed by atoms with Crippen LogP contribution in [0.3, 0.4) is 0 Å². The Morgan fingerprint density at radius 1 is 1.19 bits per heavy atom. The van der Waals surface area contributed by atoms with Gasteiger partial charge < -0.3 is 14.8 Å². The first-order valence-corrected chi connectivity index (χ1v) is 10.8. The fourth-order valence-electron chi connectivity index (χ4n) is 2.84. The van der Waals surface area contributed by atoms with Gasteiger partial charge in [-0.3, -0.25) is 5.32 Å². The molecular weight excluding hydrogens is 392 g/mol. The molecule has 0 bridgehead atoms. The van der Waals surface area contributed by atoms with Gasteiger partial charge in [0.15, 0.2) is 0 Å². The number of hydrogen-bond donors (Lipinski definition) is 2. The van der Waals surface area contributed by atoms with Crippen LogP contribution >= 0.6 is 0 Å². The van der Waals surface area contributed by atoms with Gasteiger partial charge in [0.05, 0.1) is 37.5 Å². The third-order valence-corrected chi connectivity index (χ3v) is 4.37. The number of carbonyl (C=O) groups is 1. The Hall–Kier alpha value is -3.06. The average molecular weight is 429 g/mol. The zero-order chi connectivity index (χ0) is 23.2. The van der Waals surface area contributed by atoms with E-state index < -0.39 is 0 Å². The molecule has 2 amide bonds. The van der Waals surface area contributed by atoms with Crippen molar-refractivity contribution < 1.29 is 14.3 Å². The molecule has 1 aliphatic rings. The number of allylic oxidation sites excluding steroid dienone is 3. The zero-order valence-corrected chi connectivity index (χ0v) is 19.6. The summed E-state index contributed by atoms with van der Waals surface area (Å²) in [7, 11) is 1.59. The minimum Gasteiger partial charge on any atom is -0.502 e. The van der Waals surface area contributed by atoms with Gasteiger partial charge in [0.1, 0.15) is 5.82 Å². The summed E-state index contributed by atoms with van der Waals surface area (Å²) in [4.78, 5) is 12.6. The maximum atomic E-state index is 12.6. The summed E-state index contributed by atoms with van der Waals surface area (Å²) in [5.74, 6) is 1.30. The first-order valence-electron chi connectivity index (χ1n) is 10.8. The quantitative estimate of drug-likeness (QED) is 0.537. The standard InChI is InChI=1S/C20H24N4O3.2C2H6/c1-4-15(11-10-14(2)26-3)21-20(25)22-19-17-12-27-13-18(17)23-24(19)16-8-6-5-7-9-16;2*1-2/h4-9H,2,10-13H2,1,3H3,(H2,21,22,25);2*1-2H3/b15-4+;;. The molecule has 2 N–H and O–H groups in total. The summed E-state index contributed by atoms with van der Waals surface area (Å²) in [5, 5.41) is 10.4. The molecule has 0 aliphatic carbocycles. The molecule has 0 saturated heterocycles. The predicted octanol–water partition coefficient (Wildman–Crippen LogP) is 5.92. The van der Waals surface area contributed by atoms with Crippen molar-refractivity contribution in [2.24, 2.45) is 0 Å². The Kier molecular flexibility index (Phi) is 11.8. The van der Waals surface area contributed by atoms with Gasteiger partial charge in [0, 0.05) is 17.7 Å². The molecule has 0 saturated carbocycles. The predicted molar refractivity (Wildman–Crippen MR) is 126 cm³/mol. The Morgan fingerprint density at radius 3 is 2.48 bits per heavy atom. The zero-order valence-electron chi connectivity index (χ0n) is 19.6. The molecule has 170 valence electrons. The second-order valence-corrected chi connectivity index (χ2v) is 6.15. The van der Waals surface area contributed by atoms with Crippen molar-refractivity contribution in [2.75, 3.05) is 12.4 Å². The lowest BCUT2D eigenvalue weighted by molar-refractivity contribution is 0.131. The van der Waals surface area contributed by atoms with E-state index in [4.69, 9.17) is 9.47 Å². The van der Waals surface area contributed by atoms with E-state index in [0.29, 0.717) is 37.6 Å². The summed E-state index contributed by atoms with van der Waals surface area (Å²) in [6, 6.07) is 9.37. The van der Waals surface area contributed by atoms with Gasteiger partial charge in [0.2, 0.25) is 0 Å². The lowest BCUT2D eigenvalue weighted by atomic mass is 10.2. The summed E-state index contributed by atoms with van der Waals surface area (Å²) < 4.78 is 12.3. The third-order valence-electron chi connectivity index (χ3n) is 4.37. The van der Waals surface area contributed by atoms with Gasteiger partial charge in [-0.25, -0.2) is 9.48 Å². The maximum Gasteiger partial charge on any atom is 0.324 e. The van der Waals surface area contributed by atoms with E-state index in [1.165, 1.54) is 0 Å². The van der Waals surface area contributed by atoms with Gasteiger partial charge >= 0.3 is 6.03 Å². The number of aromatic nitrogens is 2. The van der Waals surface area contributed by atoms with Crippen molar-refractivity contribution in [2.45, 2.75) is 60.7 Å². The molecule has 0 atom stereocenters. The number of urea groups is 1. The summed E-state index contributed by atoms with van der Waals surface area (Å²) in [6.45, 7) is 14.6. The highest BCUT2D eigenvalue weighted by molar-refractivity contribution is 5.90. The molecule has 31 heavy (non-hydrogen) atoms. The summed E-state index contributed by atoms with van der Waals surface area (Å²) >= 11 is 0. The number of para-hydroxylation sites is 1. The van der Waals surface area contributed by atoms with Gasteiger partial charge in [0.25, 0.3) is 0 Å². The molecule has 7 nitrogen and oxygen atoms in total. The molecule has 2 aromatic rings. The Bertz CT molecular complexity index is 857. The highest BCUT2D eigenvalue weighted by Gasteiger charge is 2.25. The number of amides is 2. The number of nitrogens with zero attached hydrogens (tertiary/aromatic N) is 2. The molecule has 1 aromatic heterocycles. The number of carbonyl (C=O) groups excluding carboxylic acids is 1. The lowest BCUT2D eigenvalue weighted by Gasteiger charge is -2.14. The largest absolute Gasteiger partial charge is 0.502 e. The molecule has 3 rings (SSSR count).